The summed E-state index contributed by atoms with van der Waals surface area (Å²) in [7, 11) is 0. The van der Waals surface area contributed by atoms with Crippen molar-refractivity contribution >= 4 is 21.9 Å². The summed E-state index contributed by atoms with van der Waals surface area (Å²) < 4.78 is 0. The van der Waals surface area contributed by atoms with Crippen molar-refractivity contribution < 1.29 is 9.90 Å². The summed E-state index contributed by atoms with van der Waals surface area (Å²) in [5.41, 5.74) is 1.85. The van der Waals surface area contributed by atoms with Crippen molar-refractivity contribution in [2.24, 2.45) is 0 Å². The van der Waals surface area contributed by atoms with Crippen LogP contribution < -0.4 is 0 Å². The number of rotatable bonds is 2. The van der Waals surface area contributed by atoms with Crippen LogP contribution in [0.15, 0.2) is 12.1 Å². The van der Waals surface area contributed by atoms with E-state index in [9.17, 15) is 4.79 Å². The lowest BCUT2D eigenvalue weighted by molar-refractivity contribution is 0.0695. The van der Waals surface area contributed by atoms with E-state index in [2.05, 4.69) is 15.9 Å². The maximum atomic E-state index is 10.9. The first-order valence-corrected chi connectivity index (χ1v) is 5.05. The average molecular weight is 254 g/mol. The van der Waals surface area contributed by atoms with Gasteiger partial charge in [0.1, 0.15) is 0 Å². The van der Waals surface area contributed by atoms with E-state index in [0.717, 1.165) is 0 Å². The summed E-state index contributed by atoms with van der Waals surface area (Å²) in [5, 5.41) is 18.2. The van der Waals surface area contributed by atoms with E-state index in [-0.39, 0.29) is 5.56 Å². The summed E-state index contributed by atoms with van der Waals surface area (Å²) >= 11 is 3.21. The molecule has 0 heterocycles. The molecule has 4 heteroatoms. The third kappa shape index (κ3) is 1.78. The minimum Gasteiger partial charge on any atom is -0.478 e. The van der Waals surface area contributed by atoms with E-state index in [1.807, 2.05) is 6.07 Å². The summed E-state index contributed by atoms with van der Waals surface area (Å²) in [6, 6.07) is 5.26. The highest BCUT2D eigenvalue weighted by molar-refractivity contribution is 9.08. The van der Waals surface area contributed by atoms with Crippen LogP contribution in [-0.4, -0.2) is 11.1 Å². The highest BCUT2D eigenvalue weighted by Crippen LogP contribution is 2.20. The van der Waals surface area contributed by atoms with Crippen LogP contribution in [-0.2, 0) is 5.33 Å². The predicted octanol–water partition coefficient (Wildman–Crippen LogP) is 2.46. The van der Waals surface area contributed by atoms with Gasteiger partial charge in [-0.2, -0.15) is 5.26 Å². The topological polar surface area (TPSA) is 61.1 Å². The Labute approximate surface area is 90.1 Å². The Bertz CT molecular complexity index is 421. The van der Waals surface area contributed by atoms with Gasteiger partial charge in [-0.3, -0.25) is 0 Å². The summed E-state index contributed by atoms with van der Waals surface area (Å²) in [4.78, 5) is 10.9. The number of aromatic carboxylic acids is 1. The predicted molar refractivity (Wildman–Crippen MR) is 55.5 cm³/mol. The molecule has 1 aromatic carbocycles. The first kappa shape index (κ1) is 10.7. The molecule has 0 atom stereocenters. The first-order chi connectivity index (χ1) is 6.61. The molecule has 0 aromatic heterocycles. The zero-order valence-corrected chi connectivity index (χ0v) is 9.13. The molecule has 1 aromatic rings. The van der Waals surface area contributed by atoms with Crippen molar-refractivity contribution in [2.45, 2.75) is 12.3 Å². The van der Waals surface area contributed by atoms with Crippen LogP contribution in [0.4, 0.5) is 0 Å². The molecule has 0 saturated heterocycles. The number of nitrogens with zero attached hydrogens (tertiary/aromatic N) is 1. The number of hydrogen-bond acceptors (Lipinski definition) is 2. The number of carboxylic acids is 1. The van der Waals surface area contributed by atoms with Crippen LogP contribution in [0.5, 0.6) is 0 Å². The Morgan fingerprint density at radius 1 is 1.64 bits per heavy atom. The quantitative estimate of drug-likeness (QED) is 0.824. The average Bonchev–Trinajstić information content (AvgIpc) is 2.16. The minimum atomic E-state index is -0.992. The lowest BCUT2D eigenvalue weighted by Crippen LogP contribution is -2.05. The van der Waals surface area contributed by atoms with Crippen molar-refractivity contribution in [3.63, 3.8) is 0 Å². The Morgan fingerprint density at radius 2 is 2.29 bits per heavy atom. The van der Waals surface area contributed by atoms with E-state index in [0.29, 0.717) is 22.0 Å². The molecule has 0 bridgehead atoms. The molecule has 1 rings (SSSR count). The van der Waals surface area contributed by atoms with Gasteiger partial charge < -0.3 is 5.11 Å². The fraction of sp³-hybridized carbons (Fsp3) is 0.200. The van der Waals surface area contributed by atoms with Gasteiger partial charge in [0.15, 0.2) is 0 Å². The van der Waals surface area contributed by atoms with Crippen LogP contribution in [0.1, 0.15) is 27.0 Å². The maximum Gasteiger partial charge on any atom is 0.336 e. The monoisotopic (exact) mass is 253 g/mol. The third-order valence-corrected chi connectivity index (χ3v) is 2.63. The molecule has 3 nitrogen and oxygen atoms in total. The maximum absolute atomic E-state index is 10.9. The molecule has 0 fully saturated rings. The molecule has 0 saturated carbocycles. The smallest absolute Gasteiger partial charge is 0.336 e. The van der Waals surface area contributed by atoms with Gasteiger partial charge in [0.05, 0.1) is 17.2 Å². The van der Waals surface area contributed by atoms with Crippen LogP contribution in [0, 0.1) is 18.3 Å². The van der Waals surface area contributed by atoms with Gasteiger partial charge in [0, 0.05) is 5.33 Å². The Morgan fingerprint density at radius 3 is 2.71 bits per heavy atom. The van der Waals surface area contributed by atoms with Crippen molar-refractivity contribution in [2.75, 3.05) is 0 Å². The van der Waals surface area contributed by atoms with E-state index < -0.39 is 5.97 Å². The molecule has 14 heavy (non-hydrogen) atoms. The minimum absolute atomic E-state index is 0.223. The molecule has 0 unspecified atom stereocenters. The molecule has 0 radical (unpaired) electrons. The largest absolute Gasteiger partial charge is 0.478 e. The van der Waals surface area contributed by atoms with Crippen molar-refractivity contribution in [3.8, 4) is 6.07 Å². The molecular formula is C10H8BrNO2. The van der Waals surface area contributed by atoms with Crippen LogP contribution in [0.2, 0.25) is 0 Å². The number of carboxylic acid groups (broad SMARTS) is 1. The van der Waals surface area contributed by atoms with Gasteiger partial charge in [-0.1, -0.05) is 22.0 Å². The number of hydrogen-bond donors (Lipinski definition) is 1. The zero-order chi connectivity index (χ0) is 10.7. The van der Waals surface area contributed by atoms with Crippen molar-refractivity contribution in [1.29, 1.82) is 5.26 Å². The molecule has 0 amide bonds. The number of alkyl halides is 1. The number of halogens is 1. The number of carbonyl (C=O) groups is 1. The van der Waals surface area contributed by atoms with Crippen LogP contribution in [0.3, 0.4) is 0 Å². The first-order valence-electron chi connectivity index (χ1n) is 3.93. The number of benzene rings is 1. The van der Waals surface area contributed by atoms with Crippen molar-refractivity contribution in [3.05, 3.63) is 34.4 Å². The van der Waals surface area contributed by atoms with Crippen molar-refractivity contribution in [1.82, 2.24) is 0 Å². The van der Waals surface area contributed by atoms with E-state index in [1.54, 1.807) is 19.1 Å². The summed E-state index contributed by atoms with van der Waals surface area (Å²) in [6.07, 6.45) is 0. The molecule has 1 N–H and O–H groups in total. The summed E-state index contributed by atoms with van der Waals surface area (Å²) in [6.45, 7) is 1.65. The normalized spacial score (nSPS) is 9.50. The van der Waals surface area contributed by atoms with Crippen LogP contribution in [0.25, 0.3) is 0 Å². The molecule has 0 spiro atoms. The van der Waals surface area contributed by atoms with E-state index in [4.69, 9.17) is 10.4 Å². The summed E-state index contributed by atoms with van der Waals surface area (Å²) in [5.74, 6) is -0.992. The fourth-order valence-electron chi connectivity index (χ4n) is 1.30. The van der Waals surface area contributed by atoms with Gasteiger partial charge in [-0.25, -0.2) is 4.79 Å². The standard InChI is InChI=1S/C10H8BrNO2/c1-6-8(5-12)3-2-7(4-11)9(6)10(13)14/h2-3H,4H2,1H3,(H,13,14). The fourth-order valence-corrected chi connectivity index (χ4v) is 1.77. The van der Waals surface area contributed by atoms with E-state index >= 15 is 0 Å². The number of nitriles is 1. The zero-order valence-electron chi connectivity index (χ0n) is 7.54. The Balaban J connectivity index is 3.49. The van der Waals surface area contributed by atoms with Gasteiger partial charge in [0.25, 0.3) is 0 Å². The molecule has 72 valence electrons. The highest BCUT2D eigenvalue weighted by Gasteiger charge is 2.14. The third-order valence-electron chi connectivity index (χ3n) is 2.03. The highest BCUT2D eigenvalue weighted by atomic mass is 79.9. The molecule has 0 aliphatic carbocycles. The molecule has 0 aliphatic rings. The SMILES string of the molecule is Cc1c(C#N)ccc(CBr)c1C(=O)O. The van der Waals surface area contributed by atoms with Gasteiger partial charge in [0.2, 0.25) is 0 Å². The molecular weight excluding hydrogens is 246 g/mol. The Hall–Kier alpha value is -1.34. The lowest BCUT2D eigenvalue weighted by atomic mass is 9.98. The van der Waals surface area contributed by atoms with Gasteiger partial charge >= 0.3 is 5.97 Å². The second-order valence-corrected chi connectivity index (χ2v) is 3.38. The molecule has 0 aliphatic heterocycles. The van der Waals surface area contributed by atoms with Gasteiger partial charge in [-0.15, -0.1) is 0 Å². The van der Waals surface area contributed by atoms with E-state index in [1.165, 1.54) is 0 Å². The van der Waals surface area contributed by atoms with Gasteiger partial charge in [-0.05, 0) is 24.1 Å². The second kappa shape index (κ2) is 4.25. The second-order valence-electron chi connectivity index (χ2n) is 2.82. The Kier molecular flexibility index (Phi) is 3.26. The van der Waals surface area contributed by atoms with Crippen LogP contribution >= 0.6 is 15.9 Å². The lowest BCUT2D eigenvalue weighted by Gasteiger charge is -2.07.